The van der Waals surface area contributed by atoms with Crippen molar-refractivity contribution in [3.8, 4) is 0 Å². The molecule has 0 aliphatic rings. The van der Waals surface area contributed by atoms with E-state index in [1.165, 1.54) is 0 Å². The number of hydrogen-bond donors (Lipinski definition) is 1. The second-order valence-corrected chi connectivity index (χ2v) is 4.16. The molecule has 0 aliphatic carbocycles. The van der Waals surface area contributed by atoms with Crippen LogP contribution in [0.3, 0.4) is 0 Å². The molecule has 0 spiro atoms. The summed E-state index contributed by atoms with van der Waals surface area (Å²) >= 11 is 0. The molecule has 0 fully saturated rings. The highest BCUT2D eigenvalue weighted by Gasteiger charge is 2.21. The zero-order valence-corrected chi connectivity index (χ0v) is 12.4. The molecule has 0 aromatic carbocycles. The molecule has 5 nitrogen and oxygen atoms in total. The predicted octanol–water partition coefficient (Wildman–Crippen LogP) is 1.26. The zero-order valence-electron chi connectivity index (χ0n) is 10.7. The average Bonchev–Trinajstić information content (AvgIpc) is 2.28. The van der Waals surface area contributed by atoms with Gasteiger partial charge in [0.25, 0.3) is 0 Å². The molecule has 0 aliphatic heterocycles. The van der Waals surface area contributed by atoms with E-state index in [0.29, 0.717) is 6.54 Å². The number of carbonyl (C=O) groups is 1. The minimum Gasteiger partial charge on any atom is -0.338 e. The number of aromatic nitrogens is 2. The van der Waals surface area contributed by atoms with Crippen molar-refractivity contribution in [1.82, 2.24) is 14.9 Å². The quantitative estimate of drug-likeness (QED) is 0.907. The van der Waals surface area contributed by atoms with Crippen molar-refractivity contribution >= 4 is 30.7 Å². The molecular formula is C11H20Cl2N4O. The van der Waals surface area contributed by atoms with Gasteiger partial charge >= 0.3 is 0 Å². The molecule has 7 heteroatoms. The molecule has 0 saturated carbocycles. The van der Waals surface area contributed by atoms with Crippen molar-refractivity contribution in [2.24, 2.45) is 11.7 Å². The molecule has 1 rings (SSSR count). The van der Waals surface area contributed by atoms with Crippen LogP contribution in [0.5, 0.6) is 0 Å². The third kappa shape index (κ3) is 5.62. The van der Waals surface area contributed by atoms with Crippen molar-refractivity contribution in [2.45, 2.75) is 26.4 Å². The molecule has 2 N–H and O–H groups in total. The summed E-state index contributed by atoms with van der Waals surface area (Å²) in [5.41, 5.74) is 6.55. The van der Waals surface area contributed by atoms with E-state index < -0.39 is 6.04 Å². The minimum absolute atomic E-state index is 0. The maximum atomic E-state index is 11.8. The van der Waals surface area contributed by atoms with Crippen molar-refractivity contribution in [2.75, 3.05) is 7.05 Å². The van der Waals surface area contributed by atoms with Crippen LogP contribution in [0.4, 0.5) is 0 Å². The van der Waals surface area contributed by atoms with Gasteiger partial charge < -0.3 is 10.6 Å². The Kier molecular flexibility index (Phi) is 9.80. The molecule has 0 bridgehead atoms. The van der Waals surface area contributed by atoms with Gasteiger partial charge in [-0.15, -0.1) is 24.8 Å². The van der Waals surface area contributed by atoms with Crippen molar-refractivity contribution in [3.63, 3.8) is 0 Å². The van der Waals surface area contributed by atoms with Crippen LogP contribution in [0.25, 0.3) is 0 Å². The Morgan fingerprint density at radius 2 is 2.00 bits per heavy atom. The number of likely N-dealkylation sites (N-methyl/N-ethyl adjacent to an activating group) is 1. The first-order chi connectivity index (χ1) is 7.52. The molecule has 0 radical (unpaired) electrons. The van der Waals surface area contributed by atoms with Gasteiger partial charge in [0.15, 0.2) is 0 Å². The number of nitrogens with zero attached hydrogens (tertiary/aromatic N) is 3. The summed E-state index contributed by atoms with van der Waals surface area (Å²) in [6, 6.07) is -0.457. The molecular weight excluding hydrogens is 275 g/mol. The van der Waals surface area contributed by atoms with Crippen LogP contribution in [0.1, 0.15) is 19.5 Å². The lowest BCUT2D eigenvalue weighted by molar-refractivity contribution is -0.132. The second-order valence-electron chi connectivity index (χ2n) is 4.16. The van der Waals surface area contributed by atoms with Gasteiger partial charge in [-0.05, 0) is 5.92 Å². The molecule has 18 heavy (non-hydrogen) atoms. The lowest BCUT2D eigenvalue weighted by Crippen LogP contribution is -2.44. The van der Waals surface area contributed by atoms with Gasteiger partial charge in [-0.2, -0.15) is 0 Å². The van der Waals surface area contributed by atoms with Crippen molar-refractivity contribution < 1.29 is 4.79 Å². The Labute approximate surface area is 120 Å². The molecule has 1 heterocycles. The molecule has 1 unspecified atom stereocenters. The Morgan fingerprint density at radius 1 is 1.39 bits per heavy atom. The number of nitrogens with two attached hydrogens (primary N) is 1. The molecule has 1 aromatic rings. The summed E-state index contributed by atoms with van der Waals surface area (Å²) in [4.78, 5) is 21.5. The van der Waals surface area contributed by atoms with E-state index in [0.717, 1.165) is 5.69 Å². The summed E-state index contributed by atoms with van der Waals surface area (Å²) in [6.45, 7) is 4.30. The normalized spacial score (nSPS) is 11.2. The standard InChI is InChI=1S/C11H18N4O.2ClH/c1-8(2)10(12)11(16)15(3)7-9-6-13-4-5-14-9;;/h4-6,8,10H,7,12H2,1-3H3;2*1H. The fraction of sp³-hybridized carbons (Fsp3) is 0.545. The van der Waals surface area contributed by atoms with Gasteiger partial charge in [-0.3, -0.25) is 14.8 Å². The van der Waals surface area contributed by atoms with E-state index in [2.05, 4.69) is 9.97 Å². The molecule has 1 aromatic heterocycles. The van der Waals surface area contributed by atoms with Crippen molar-refractivity contribution in [1.29, 1.82) is 0 Å². The van der Waals surface area contributed by atoms with Crippen molar-refractivity contribution in [3.05, 3.63) is 24.3 Å². The maximum Gasteiger partial charge on any atom is 0.239 e. The van der Waals surface area contributed by atoms with Gasteiger partial charge in [0.05, 0.1) is 24.5 Å². The van der Waals surface area contributed by atoms with E-state index in [1.54, 1.807) is 30.5 Å². The lowest BCUT2D eigenvalue weighted by atomic mass is 10.0. The zero-order chi connectivity index (χ0) is 12.1. The Morgan fingerprint density at radius 3 is 2.44 bits per heavy atom. The fourth-order valence-electron chi connectivity index (χ4n) is 1.27. The second kappa shape index (κ2) is 9.08. The van der Waals surface area contributed by atoms with E-state index in [-0.39, 0.29) is 36.6 Å². The first-order valence-corrected chi connectivity index (χ1v) is 5.27. The first-order valence-electron chi connectivity index (χ1n) is 5.27. The summed E-state index contributed by atoms with van der Waals surface area (Å²) in [6.07, 6.45) is 4.85. The highest BCUT2D eigenvalue weighted by atomic mass is 35.5. The maximum absolute atomic E-state index is 11.8. The SMILES string of the molecule is CC(C)C(N)C(=O)N(C)Cc1cnccn1.Cl.Cl. The number of hydrogen-bond acceptors (Lipinski definition) is 4. The fourth-order valence-corrected chi connectivity index (χ4v) is 1.27. The van der Waals surface area contributed by atoms with Gasteiger partial charge in [0, 0.05) is 19.4 Å². The molecule has 0 saturated heterocycles. The number of halogens is 2. The van der Waals surface area contributed by atoms with Crippen LogP contribution in [0, 0.1) is 5.92 Å². The molecule has 1 atom stereocenters. The Hall–Kier alpha value is -0.910. The van der Waals surface area contributed by atoms with Crippen LogP contribution < -0.4 is 5.73 Å². The van der Waals surface area contributed by atoms with E-state index in [1.807, 2.05) is 13.8 Å². The summed E-state index contributed by atoms with van der Waals surface area (Å²) < 4.78 is 0. The highest BCUT2D eigenvalue weighted by molar-refractivity contribution is 5.85. The predicted molar refractivity (Wildman–Crippen MR) is 75.8 cm³/mol. The van der Waals surface area contributed by atoms with E-state index >= 15 is 0 Å². The number of rotatable bonds is 4. The topological polar surface area (TPSA) is 72.1 Å². The third-order valence-corrected chi connectivity index (χ3v) is 2.40. The van der Waals surface area contributed by atoms with Gasteiger partial charge in [-0.1, -0.05) is 13.8 Å². The van der Waals surface area contributed by atoms with Gasteiger partial charge in [0.2, 0.25) is 5.91 Å². The van der Waals surface area contributed by atoms with Crippen LogP contribution >= 0.6 is 24.8 Å². The van der Waals surface area contributed by atoms with Crippen LogP contribution in [0.2, 0.25) is 0 Å². The van der Waals surface area contributed by atoms with E-state index in [9.17, 15) is 4.79 Å². The van der Waals surface area contributed by atoms with E-state index in [4.69, 9.17) is 5.73 Å². The van der Waals surface area contributed by atoms with Crippen LogP contribution in [0.15, 0.2) is 18.6 Å². The first kappa shape index (κ1) is 19.4. The third-order valence-electron chi connectivity index (χ3n) is 2.40. The Balaban J connectivity index is 0. The van der Waals surface area contributed by atoms with Gasteiger partial charge in [-0.25, -0.2) is 0 Å². The van der Waals surface area contributed by atoms with Crippen LogP contribution in [-0.2, 0) is 11.3 Å². The van der Waals surface area contributed by atoms with Crippen LogP contribution in [-0.4, -0.2) is 33.9 Å². The number of amides is 1. The summed E-state index contributed by atoms with van der Waals surface area (Å²) in [7, 11) is 1.72. The smallest absolute Gasteiger partial charge is 0.239 e. The molecule has 1 amide bonds. The Bertz CT molecular complexity index is 348. The summed E-state index contributed by atoms with van der Waals surface area (Å²) in [5.74, 6) is 0.0671. The number of carbonyl (C=O) groups excluding carboxylic acids is 1. The summed E-state index contributed by atoms with van der Waals surface area (Å²) in [5, 5.41) is 0. The highest BCUT2D eigenvalue weighted by Crippen LogP contribution is 2.04. The monoisotopic (exact) mass is 294 g/mol. The minimum atomic E-state index is -0.457. The molecule has 104 valence electrons. The average molecular weight is 295 g/mol. The largest absolute Gasteiger partial charge is 0.338 e. The lowest BCUT2D eigenvalue weighted by Gasteiger charge is -2.22. The van der Waals surface area contributed by atoms with Gasteiger partial charge in [0.1, 0.15) is 0 Å².